The Morgan fingerprint density at radius 2 is 2.25 bits per heavy atom. The van der Waals surface area contributed by atoms with Gasteiger partial charge in [-0.25, -0.2) is 0 Å². The molecule has 1 aromatic carbocycles. The summed E-state index contributed by atoms with van der Waals surface area (Å²) in [7, 11) is 0. The molecule has 1 saturated carbocycles. The molecule has 4 heteroatoms. The number of aryl methyl sites for hydroxylation is 1. The highest BCUT2D eigenvalue weighted by molar-refractivity contribution is 8.00. The maximum Gasteiger partial charge on any atom is 0.317 e. The molecule has 0 spiro atoms. The molecular formula is C12H15NO2S. The minimum atomic E-state index is -0.707. The Morgan fingerprint density at radius 1 is 1.56 bits per heavy atom. The quantitative estimate of drug-likeness (QED) is 0.624. The summed E-state index contributed by atoms with van der Waals surface area (Å²) in [5.74, 6) is -0.359. The molecule has 1 aliphatic carbocycles. The molecule has 16 heavy (non-hydrogen) atoms. The number of carboxylic acids is 1. The highest BCUT2D eigenvalue weighted by Gasteiger charge is 2.36. The van der Waals surface area contributed by atoms with E-state index in [0.717, 1.165) is 29.0 Å². The summed E-state index contributed by atoms with van der Waals surface area (Å²) in [5.41, 5.74) is 7.48. The fourth-order valence-corrected chi connectivity index (χ4v) is 2.87. The van der Waals surface area contributed by atoms with Crippen LogP contribution in [0, 0.1) is 12.8 Å². The van der Waals surface area contributed by atoms with Crippen LogP contribution >= 0.6 is 11.8 Å². The van der Waals surface area contributed by atoms with E-state index in [1.807, 2.05) is 25.1 Å². The molecule has 1 fully saturated rings. The predicted octanol–water partition coefficient (Wildman–Crippen LogP) is 2.53. The number of anilines is 1. The van der Waals surface area contributed by atoms with Crippen LogP contribution in [-0.2, 0) is 4.79 Å². The van der Waals surface area contributed by atoms with Gasteiger partial charge in [-0.1, -0.05) is 0 Å². The summed E-state index contributed by atoms with van der Waals surface area (Å²) in [4.78, 5) is 12.1. The minimum absolute atomic E-state index is 0.303. The summed E-state index contributed by atoms with van der Waals surface area (Å²) in [6.45, 7) is 1.94. The Hall–Kier alpha value is -1.16. The largest absolute Gasteiger partial charge is 0.480 e. The van der Waals surface area contributed by atoms with Crippen molar-refractivity contribution in [2.45, 2.75) is 29.9 Å². The van der Waals surface area contributed by atoms with Gasteiger partial charge in [0.05, 0.1) is 0 Å². The smallest absolute Gasteiger partial charge is 0.317 e. The maximum absolute atomic E-state index is 11.1. The van der Waals surface area contributed by atoms with Gasteiger partial charge in [0.15, 0.2) is 0 Å². The van der Waals surface area contributed by atoms with Gasteiger partial charge < -0.3 is 10.8 Å². The first kappa shape index (κ1) is 11.3. The van der Waals surface area contributed by atoms with E-state index in [1.165, 1.54) is 11.8 Å². The Bertz CT molecular complexity index is 415. The Kier molecular flexibility index (Phi) is 3.10. The molecule has 0 amide bonds. The van der Waals surface area contributed by atoms with Gasteiger partial charge in [-0.15, -0.1) is 11.8 Å². The molecular weight excluding hydrogens is 222 g/mol. The number of carbonyl (C=O) groups is 1. The van der Waals surface area contributed by atoms with E-state index in [0.29, 0.717) is 5.92 Å². The number of nitrogen functional groups attached to an aromatic ring is 1. The molecule has 0 heterocycles. The van der Waals surface area contributed by atoms with E-state index in [2.05, 4.69) is 0 Å². The maximum atomic E-state index is 11.1. The number of aliphatic carboxylic acids is 1. The van der Waals surface area contributed by atoms with Crippen molar-refractivity contribution in [3.05, 3.63) is 23.8 Å². The highest BCUT2D eigenvalue weighted by Crippen LogP contribution is 2.42. The Balaban J connectivity index is 2.12. The second-order valence-corrected chi connectivity index (χ2v) is 5.45. The lowest BCUT2D eigenvalue weighted by molar-refractivity contribution is -0.136. The van der Waals surface area contributed by atoms with Crippen molar-refractivity contribution < 1.29 is 9.90 Å². The Labute approximate surface area is 99.0 Å². The monoisotopic (exact) mass is 237 g/mol. The van der Waals surface area contributed by atoms with Gasteiger partial charge in [-0.05, 0) is 49.4 Å². The van der Waals surface area contributed by atoms with Gasteiger partial charge in [0.1, 0.15) is 5.25 Å². The van der Waals surface area contributed by atoms with Crippen LogP contribution in [0.3, 0.4) is 0 Å². The molecule has 2 rings (SSSR count). The number of nitrogens with two attached hydrogens (primary N) is 1. The third-order valence-corrected chi connectivity index (χ3v) is 4.16. The molecule has 3 nitrogen and oxygen atoms in total. The topological polar surface area (TPSA) is 63.3 Å². The number of thioether (sulfide) groups is 1. The van der Waals surface area contributed by atoms with Crippen molar-refractivity contribution in [2.24, 2.45) is 5.92 Å². The second-order valence-electron chi connectivity index (χ2n) is 4.23. The number of hydrogen-bond donors (Lipinski definition) is 2. The lowest BCUT2D eigenvalue weighted by Gasteiger charge is -2.11. The van der Waals surface area contributed by atoms with Gasteiger partial charge in [0.25, 0.3) is 0 Å². The highest BCUT2D eigenvalue weighted by atomic mass is 32.2. The standard InChI is InChI=1S/C12H15NO2S/c1-7-6-9(4-5-10(7)13)16-11(12(14)15)8-2-3-8/h4-6,8,11H,2-3,13H2,1H3,(H,14,15). The average molecular weight is 237 g/mol. The van der Waals surface area contributed by atoms with E-state index in [-0.39, 0.29) is 5.25 Å². The van der Waals surface area contributed by atoms with Crippen molar-refractivity contribution in [1.82, 2.24) is 0 Å². The van der Waals surface area contributed by atoms with Gasteiger partial charge in [-0.3, -0.25) is 4.79 Å². The lowest BCUT2D eigenvalue weighted by atomic mass is 10.2. The van der Waals surface area contributed by atoms with E-state index >= 15 is 0 Å². The zero-order valence-corrected chi connectivity index (χ0v) is 9.96. The molecule has 1 aromatic rings. The molecule has 0 saturated heterocycles. The zero-order chi connectivity index (χ0) is 11.7. The second kappa shape index (κ2) is 4.37. The fraction of sp³-hybridized carbons (Fsp3) is 0.417. The summed E-state index contributed by atoms with van der Waals surface area (Å²) in [6.07, 6.45) is 2.08. The first-order chi connectivity index (χ1) is 7.58. The van der Waals surface area contributed by atoms with E-state index in [9.17, 15) is 4.79 Å². The van der Waals surface area contributed by atoms with Crippen molar-refractivity contribution in [2.75, 3.05) is 5.73 Å². The van der Waals surface area contributed by atoms with Gasteiger partial charge in [0.2, 0.25) is 0 Å². The minimum Gasteiger partial charge on any atom is -0.480 e. The molecule has 3 N–H and O–H groups in total. The van der Waals surface area contributed by atoms with Crippen LogP contribution in [0.2, 0.25) is 0 Å². The lowest BCUT2D eigenvalue weighted by Crippen LogP contribution is -2.18. The van der Waals surface area contributed by atoms with Gasteiger partial charge in [0, 0.05) is 10.6 Å². The van der Waals surface area contributed by atoms with Crippen molar-refractivity contribution in [3.8, 4) is 0 Å². The van der Waals surface area contributed by atoms with Crippen molar-refractivity contribution in [3.63, 3.8) is 0 Å². The van der Waals surface area contributed by atoms with E-state index < -0.39 is 5.97 Å². The molecule has 1 unspecified atom stereocenters. The normalized spacial score (nSPS) is 17.1. The predicted molar refractivity (Wildman–Crippen MR) is 65.6 cm³/mol. The SMILES string of the molecule is Cc1cc(SC(C(=O)O)C2CC2)ccc1N. The van der Waals surface area contributed by atoms with Crippen LogP contribution in [0.5, 0.6) is 0 Å². The van der Waals surface area contributed by atoms with Crippen LogP contribution in [0.1, 0.15) is 18.4 Å². The van der Waals surface area contributed by atoms with Crippen molar-refractivity contribution >= 4 is 23.4 Å². The molecule has 0 aromatic heterocycles. The molecule has 1 atom stereocenters. The third kappa shape index (κ3) is 2.50. The van der Waals surface area contributed by atoms with Crippen LogP contribution in [0.4, 0.5) is 5.69 Å². The molecule has 86 valence electrons. The molecule has 0 radical (unpaired) electrons. The number of carboxylic acid groups (broad SMARTS) is 1. The van der Waals surface area contributed by atoms with Gasteiger partial charge in [-0.2, -0.15) is 0 Å². The third-order valence-electron chi connectivity index (χ3n) is 2.80. The first-order valence-corrected chi connectivity index (χ1v) is 6.21. The van der Waals surface area contributed by atoms with Crippen LogP contribution in [0.25, 0.3) is 0 Å². The Morgan fingerprint density at radius 3 is 2.75 bits per heavy atom. The number of benzene rings is 1. The van der Waals surface area contributed by atoms with Crippen LogP contribution in [-0.4, -0.2) is 16.3 Å². The average Bonchev–Trinajstić information content (AvgIpc) is 3.03. The van der Waals surface area contributed by atoms with Crippen LogP contribution < -0.4 is 5.73 Å². The summed E-state index contributed by atoms with van der Waals surface area (Å²) < 4.78 is 0. The molecule has 0 bridgehead atoms. The van der Waals surface area contributed by atoms with Gasteiger partial charge >= 0.3 is 5.97 Å². The van der Waals surface area contributed by atoms with E-state index in [1.54, 1.807) is 0 Å². The zero-order valence-electron chi connectivity index (χ0n) is 9.14. The van der Waals surface area contributed by atoms with E-state index in [4.69, 9.17) is 10.8 Å². The number of hydrogen-bond acceptors (Lipinski definition) is 3. The fourth-order valence-electron chi connectivity index (χ4n) is 1.62. The molecule has 0 aliphatic heterocycles. The summed E-state index contributed by atoms with van der Waals surface area (Å²) in [6, 6.07) is 5.69. The first-order valence-electron chi connectivity index (χ1n) is 5.33. The van der Waals surface area contributed by atoms with Crippen LogP contribution in [0.15, 0.2) is 23.1 Å². The van der Waals surface area contributed by atoms with Crippen molar-refractivity contribution in [1.29, 1.82) is 0 Å². The number of rotatable bonds is 4. The molecule has 1 aliphatic rings. The summed E-state index contributed by atoms with van der Waals surface area (Å²) in [5, 5.41) is 8.82. The summed E-state index contributed by atoms with van der Waals surface area (Å²) >= 11 is 1.44.